The standard InChI is InChI=1S/C12H21N3O2S2/c1-4-10(9-18-3)15(2)19(16,17)12-8-6-5-7-11(12)14-13/h5-8,10,14H,4,9,13H2,1-3H3. The van der Waals surface area contributed by atoms with E-state index < -0.39 is 10.0 Å². The molecule has 1 aromatic carbocycles. The molecule has 0 aliphatic carbocycles. The van der Waals surface area contributed by atoms with Crippen LogP contribution >= 0.6 is 11.8 Å². The molecule has 0 amide bonds. The Bertz CT molecular complexity index is 505. The number of thioether (sulfide) groups is 1. The molecule has 0 fully saturated rings. The lowest BCUT2D eigenvalue weighted by Crippen LogP contribution is -2.38. The molecule has 1 unspecified atom stereocenters. The van der Waals surface area contributed by atoms with Crippen molar-refractivity contribution in [2.45, 2.75) is 24.3 Å². The van der Waals surface area contributed by atoms with Crippen LogP contribution in [-0.2, 0) is 10.0 Å². The number of nitrogens with zero attached hydrogens (tertiary/aromatic N) is 1. The Balaban J connectivity index is 3.15. The predicted molar refractivity (Wildman–Crippen MR) is 81.7 cm³/mol. The van der Waals surface area contributed by atoms with Crippen LogP contribution in [0.25, 0.3) is 0 Å². The smallest absolute Gasteiger partial charge is 0.245 e. The van der Waals surface area contributed by atoms with Crippen molar-refractivity contribution in [3.05, 3.63) is 24.3 Å². The Morgan fingerprint density at radius 2 is 2.05 bits per heavy atom. The predicted octanol–water partition coefficient (Wildman–Crippen LogP) is 1.73. The number of sulfonamides is 1. The van der Waals surface area contributed by atoms with Crippen molar-refractivity contribution >= 4 is 27.5 Å². The molecule has 0 heterocycles. The van der Waals surface area contributed by atoms with Gasteiger partial charge in [0.15, 0.2) is 0 Å². The molecule has 1 rings (SSSR count). The van der Waals surface area contributed by atoms with Gasteiger partial charge in [0.25, 0.3) is 0 Å². The van der Waals surface area contributed by atoms with Crippen LogP contribution in [-0.4, -0.2) is 37.8 Å². The number of rotatable bonds is 7. The maximum absolute atomic E-state index is 12.6. The zero-order valence-corrected chi connectivity index (χ0v) is 13.1. The average Bonchev–Trinajstić information content (AvgIpc) is 2.43. The number of nitrogens with one attached hydrogen (secondary N) is 1. The fourth-order valence-electron chi connectivity index (χ4n) is 1.83. The molecule has 0 aliphatic heterocycles. The van der Waals surface area contributed by atoms with Crippen molar-refractivity contribution in [1.82, 2.24) is 4.31 Å². The molecule has 1 aromatic rings. The first kappa shape index (κ1) is 16.3. The minimum absolute atomic E-state index is 0.0224. The lowest BCUT2D eigenvalue weighted by atomic mass is 10.3. The van der Waals surface area contributed by atoms with Gasteiger partial charge in [0.05, 0.1) is 5.69 Å². The largest absolute Gasteiger partial charge is 0.323 e. The Morgan fingerprint density at radius 1 is 1.42 bits per heavy atom. The Kier molecular flexibility index (Phi) is 6.12. The second-order valence-corrected chi connectivity index (χ2v) is 7.06. The van der Waals surface area contributed by atoms with E-state index in [-0.39, 0.29) is 10.9 Å². The minimum atomic E-state index is -3.54. The van der Waals surface area contributed by atoms with Gasteiger partial charge in [0, 0.05) is 18.8 Å². The molecule has 0 aromatic heterocycles. The quantitative estimate of drug-likeness (QED) is 0.593. The first-order valence-corrected chi connectivity index (χ1v) is 8.85. The SMILES string of the molecule is CCC(CSC)N(C)S(=O)(=O)c1ccccc1NN. The summed E-state index contributed by atoms with van der Waals surface area (Å²) in [7, 11) is -1.92. The highest BCUT2D eigenvalue weighted by Gasteiger charge is 2.28. The molecular weight excluding hydrogens is 282 g/mol. The van der Waals surface area contributed by atoms with E-state index in [0.29, 0.717) is 5.69 Å². The first-order valence-electron chi connectivity index (χ1n) is 6.01. The second kappa shape index (κ2) is 7.14. The third kappa shape index (κ3) is 3.62. The van der Waals surface area contributed by atoms with Crippen LogP contribution in [0.3, 0.4) is 0 Å². The summed E-state index contributed by atoms with van der Waals surface area (Å²) < 4.78 is 26.6. The van der Waals surface area contributed by atoms with E-state index in [4.69, 9.17) is 5.84 Å². The van der Waals surface area contributed by atoms with Gasteiger partial charge in [-0.1, -0.05) is 19.1 Å². The molecule has 3 N–H and O–H groups in total. The maximum Gasteiger partial charge on any atom is 0.245 e. The highest BCUT2D eigenvalue weighted by Crippen LogP contribution is 2.25. The molecule has 0 aliphatic rings. The summed E-state index contributed by atoms with van der Waals surface area (Å²) in [5, 5.41) is 0. The monoisotopic (exact) mass is 303 g/mol. The summed E-state index contributed by atoms with van der Waals surface area (Å²) in [6.07, 6.45) is 2.74. The second-order valence-electron chi connectivity index (χ2n) is 4.18. The van der Waals surface area contributed by atoms with Gasteiger partial charge in [-0.15, -0.1) is 0 Å². The summed E-state index contributed by atoms with van der Waals surface area (Å²) in [4.78, 5) is 0.208. The third-order valence-corrected chi connectivity index (χ3v) is 5.73. The van der Waals surface area contributed by atoms with Crippen LogP contribution < -0.4 is 11.3 Å². The molecule has 5 nitrogen and oxygen atoms in total. The molecule has 108 valence electrons. The van der Waals surface area contributed by atoms with Gasteiger partial charge >= 0.3 is 0 Å². The van der Waals surface area contributed by atoms with E-state index in [9.17, 15) is 8.42 Å². The summed E-state index contributed by atoms with van der Waals surface area (Å²) in [5.74, 6) is 6.15. The number of hydrogen-bond donors (Lipinski definition) is 2. The van der Waals surface area contributed by atoms with E-state index >= 15 is 0 Å². The number of nitrogen functional groups attached to an aromatic ring is 1. The minimum Gasteiger partial charge on any atom is -0.323 e. The number of para-hydroxylation sites is 1. The average molecular weight is 303 g/mol. The van der Waals surface area contributed by atoms with Gasteiger partial charge in [-0.2, -0.15) is 16.1 Å². The third-order valence-electron chi connectivity index (χ3n) is 3.04. The van der Waals surface area contributed by atoms with E-state index in [1.54, 1.807) is 43.1 Å². The van der Waals surface area contributed by atoms with Gasteiger partial charge in [0.1, 0.15) is 4.90 Å². The van der Waals surface area contributed by atoms with Crippen LogP contribution in [0.4, 0.5) is 5.69 Å². The summed E-state index contributed by atoms with van der Waals surface area (Å²) in [6, 6.07) is 6.62. The van der Waals surface area contributed by atoms with Gasteiger partial charge < -0.3 is 5.43 Å². The van der Waals surface area contributed by atoms with Crippen LogP contribution in [0.15, 0.2) is 29.2 Å². The lowest BCUT2D eigenvalue weighted by Gasteiger charge is -2.26. The van der Waals surface area contributed by atoms with E-state index in [1.165, 1.54) is 4.31 Å². The number of anilines is 1. The van der Waals surface area contributed by atoms with Crippen molar-refractivity contribution in [3.63, 3.8) is 0 Å². The van der Waals surface area contributed by atoms with Crippen molar-refractivity contribution in [1.29, 1.82) is 0 Å². The number of nitrogens with two attached hydrogens (primary N) is 1. The number of benzene rings is 1. The lowest BCUT2D eigenvalue weighted by molar-refractivity contribution is 0.385. The van der Waals surface area contributed by atoms with Gasteiger partial charge in [-0.3, -0.25) is 5.84 Å². The molecule has 0 bridgehead atoms. The molecular formula is C12H21N3O2S2. The molecule has 19 heavy (non-hydrogen) atoms. The molecule has 1 atom stereocenters. The Labute approximate surface area is 119 Å². The van der Waals surface area contributed by atoms with E-state index in [1.807, 2.05) is 13.2 Å². The first-order chi connectivity index (χ1) is 8.98. The number of hydrogen-bond acceptors (Lipinski definition) is 5. The normalized spacial score (nSPS) is 13.5. The fourth-order valence-corrected chi connectivity index (χ4v) is 4.35. The molecule has 0 spiro atoms. The Morgan fingerprint density at radius 3 is 2.58 bits per heavy atom. The van der Waals surface area contributed by atoms with Crippen molar-refractivity contribution in [2.75, 3.05) is 24.5 Å². The maximum atomic E-state index is 12.6. The zero-order chi connectivity index (χ0) is 14.5. The van der Waals surface area contributed by atoms with Crippen molar-refractivity contribution in [2.24, 2.45) is 5.84 Å². The van der Waals surface area contributed by atoms with Gasteiger partial charge in [0.2, 0.25) is 10.0 Å². The van der Waals surface area contributed by atoms with E-state index in [2.05, 4.69) is 5.43 Å². The topological polar surface area (TPSA) is 75.4 Å². The molecule has 0 saturated heterocycles. The highest BCUT2D eigenvalue weighted by atomic mass is 32.2. The summed E-state index contributed by atoms with van der Waals surface area (Å²) in [6.45, 7) is 1.99. The van der Waals surface area contributed by atoms with Crippen LogP contribution in [0.2, 0.25) is 0 Å². The van der Waals surface area contributed by atoms with Gasteiger partial charge in [-0.25, -0.2) is 8.42 Å². The molecule has 7 heteroatoms. The zero-order valence-electron chi connectivity index (χ0n) is 11.5. The van der Waals surface area contributed by atoms with Crippen molar-refractivity contribution < 1.29 is 8.42 Å². The Hall–Kier alpha value is -0.760. The van der Waals surface area contributed by atoms with Crippen LogP contribution in [0, 0.1) is 0 Å². The highest BCUT2D eigenvalue weighted by molar-refractivity contribution is 7.98. The van der Waals surface area contributed by atoms with E-state index in [0.717, 1.165) is 12.2 Å². The van der Waals surface area contributed by atoms with Gasteiger partial charge in [-0.05, 0) is 24.8 Å². The number of hydrazine groups is 1. The van der Waals surface area contributed by atoms with Crippen molar-refractivity contribution in [3.8, 4) is 0 Å². The summed E-state index contributed by atoms with van der Waals surface area (Å²) in [5.41, 5.74) is 2.84. The van der Waals surface area contributed by atoms with Crippen LogP contribution in [0.1, 0.15) is 13.3 Å². The molecule has 0 saturated carbocycles. The fraction of sp³-hybridized carbons (Fsp3) is 0.500. The molecule has 0 radical (unpaired) electrons. The van der Waals surface area contributed by atoms with Crippen LogP contribution in [0.5, 0.6) is 0 Å². The summed E-state index contributed by atoms with van der Waals surface area (Å²) >= 11 is 1.64.